The molecule has 1 atom stereocenters. The Hall–Kier alpha value is -3.02. The Morgan fingerprint density at radius 1 is 1.20 bits per heavy atom. The molecule has 1 fully saturated rings. The van der Waals surface area contributed by atoms with Gasteiger partial charge in [-0.25, -0.2) is 0 Å². The number of hydrogen-bond acceptors (Lipinski definition) is 5. The van der Waals surface area contributed by atoms with Crippen molar-refractivity contribution in [2.45, 2.75) is 26.2 Å². The minimum absolute atomic E-state index is 0.0781. The highest BCUT2D eigenvalue weighted by Crippen LogP contribution is 2.32. The lowest BCUT2D eigenvalue weighted by molar-refractivity contribution is -0.117. The van der Waals surface area contributed by atoms with Crippen LogP contribution in [0.5, 0.6) is 0 Å². The predicted molar refractivity (Wildman–Crippen MR) is 93.2 cm³/mol. The van der Waals surface area contributed by atoms with Crippen molar-refractivity contribution in [2.24, 2.45) is 0 Å². The maximum Gasteiger partial charge on any atom is 0.232 e. The van der Waals surface area contributed by atoms with E-state index in [1.807, 2.05) is 30.3 Å². The first-order valence-electron chi connectivity index (χ1n) is 8.23. The van der Waals surface area contributed by atoms with E-state index in [4.69, 9.17) is 4.52 Å². The van der Waals surface area contributed by atoms with E-state index in [0.29, 0.717) is 24.7 Å². The fourth-order valence-corrected chi connectivity index (χ4v) is 3.03. The minimum atomic E-state index is -0.0907. The van der Waals surface area contributed by atoms with E-state index in [0.717, 1.165) is 11.3 Å². The van der Waals surface area contributed by atoms with Crippen molar-refractivity contribution in [2.75, 3.05) is 11.4 Å². The van der Waals surface area contributed by atoms with Crippen molar-refractivity contribution >= 4 is 11.6 Å². The summed E-state index contributed by atoms with van der Waals surface area (Å²) in [4.78, 5) is 22.8. The molecule has 1 aliphatic rings. The van der Waals surface area contributed by atoms with Gasteiger partial charge in [-0.15, -0.1) is 0 Å². The van der Waals surface area contributed by atoms with Gasteiger partial charge in [0.1, 0.15) is 0 Å². The van der Waals surface area contributed by atoms with Gasteiger partial charge in [0.15, 0.2) is 0 Å². The number of pyridine rings is 1. The highest BCUT2D eigenvalue weighted by Gasteiger charge is 2.35. The molecule has 1 amide bonds. The first-order valence-corrected chi connectivity index (χ1v) is 8.23. The number of aryl methyl sites for hydroxylation is 2. The molecule has 126 valence electrons. The fraction of sp³-hybridized carbons (Fsp3) is 0.263. The average molecular weight is 334 g/mol. The summed E-state index contributed by atoms with van der Waals surface area (Å²) in [5.41, 5.74) is 4.10. The van der Waals surface area contributed by atoms with Gasteiger partial charge in [-0.1, -0.05) is 11.2 Å². The summed E-state index contributed by atoms with van der Waals surface area (Å²) < 4.78 is 5.41. The third kappa shape index (κ3) is 2.91. The lowest BCUT2D eigenvalue weighted by atomic mass is 10.1. The van der Waals surface area contributed by atoms with E-state index >= 15 is 0 Å². The Labute approximate surface area is 145 Å². The number of hydrogen-bond donors (Lipinski definition) is 0. The second-order valence-corrected chi connectivity index (χ2v) is 6.37. The Morgan fingerprint density at radius 2 is 2.08 bits per heavy atom. The Morgan fingerprint density at radius 3 is 2.84 bits per heavy atom. The van der Waals surface area contributed by atoms with Gasteiger partial charge >= 0.3 is 0 Å². The normalized spacial score (nSPS) is 17.3. The van der Waals surface area contributed by atoms with Crippen molar-refractivity contribution in [3.8, 4) is 11.4 Å². The van der Waals surface area contributed by atoms with Crippen LogP contribution in [0.25, 0.3) is 11.4 Å². The van der Waals surface area contributed by atoms with Crippen molar-refractivity contribution in [3.05, 3.63) is 59.7 Å². The molecule has 1 aromatic carbocycles. The zero-order chi connectivity index (χ0) is 17.4. The monoisotopic (exact) mass is 334 g/mol. The Kier molecular flexibility index (Phi) is 3.80. The van der Waals surface area contributed by atoms with E-state index < -0.39 is 0 Å². The molecule has 1 aliphatic heterocycles. The SMILES string of the molecule is Cc1ccc(N2C[C@@H](c3nc(-c4cccnc4)no3)CC2=O)cc1C. The third-order valence-corrected chi connectivity index (χ3v) is 4.64. The smallest absolute Gasteiger partial charge is 0.232 e. The molecule has 1 saturated heterocycles. The fourth-order valence-electron chi connectivity index (χ4n) is 3.03. The van der Waals surface area contributed by atoms with Crippen molar-refractivity contribution in [1.82, 2.24) is 15.1 Å². The quantitative estimate of drug-likeness (QED) is 0.735. The molecule has 25 heavy (non-hydrogen) atoms. The number of rotatable bonds is 3. The van der Waals surface area contributed by atoms with Crippen LogP contribution >= 0.6 is 0 Å². The predicted octanol–water partition coefficient (Wildman–Crippen LogP) is 3.27. The molecule has 3 heterocycles. The minimum Gasteiger partial charge on any atom is -0.339 e. The summed E-state index contributed by atoms with van der Waals surface area (Å²) in [6.45, 7) is 4.66. The number of amides is 1. The van der Waals surface area contributed by atoms with E-state index in [9.17, 15) is 4.79 Å². The van der Waals surface area contributed by atoms with Gasteiger partial charge in [-0.2, -0.15) is 4.98 Å². The number of anilines is 1. The third-order valence-electron chi connectivity index (χ3n) is 4.64. The van der Waals surface area contributed by atoms with E-state index in [-0.39, 0.29) is 11.8 Å². The van der Waals surface area contributed by atoms with Gasteiger partial charge in [-0.3, -0.25) is 9.78 Å². The van der Waals surface area contributed by atoms with Crippen LogP contribution in [0.15, 0.2) is 47.2 Å². The number of aromatic nitrogens is 3. The summed E-state index contributed by atoms with van der Waals surface area (Å²) in [5, 5.41) is 4.02. The van der Waals surface area contributed by atoms with Crippen LogP contribution < -0.4 is 4.90 Å². The van der Waals surface area contributed by atoms with Crippen molar-refractivity contribution in [3.63, 3.8) is 0 Å². The van der Waals surface area contributed by atoms with Crippen LogP contribution in [-0.4, -0.2) is 27.6 Å². The maximum absolute atomic E-state index is 12.5. The summed E-state index contributed by atoms with van der Waals surface area (Å²) in [6.07, 6.45) is 3.76. The number of nitrogens with zero attached hydrogens (tertiary/aromatic N) is 4. The second kappa shape index (κ2) is 6.12. The van der Waals surface area contributed by atoms with Gasteiger partial charge in [0.25, 0.3) is 0 Å². The highest BCUT2D eigenvalue weighted by atomic mass is 16.5. The topological polar surface area (TPSA) is 72.1 Å². The summed E-state index contributed by atoms with van der Waals surface area (Å²) in [7, 11) is 0. The van der Waals surface area contributed by atoms with Gasteiger partial charge in [0.2, 0.25) is 17.6 Å². The van der Waals surface area contributed by atoms with E-state index in [2.05, 4.69) is 29.0 Å². The molecule has 0 bridgehead atoms. The largest absolute Gasteiger partial charge is 0.339 e. The summed E-state index contributed by atoms with van der Waals surface area (Å²) >= 11 is 0. The first kappa shape index (κ1) is 15.5. The molecule has 0 saturated carbocycles. The molecule has 3 aromatic rings. The van der Waals surface area contributed by atoms with E-state index in [1.165, 1.54) is 11.1 Å². The van der Waals surface area contributed by atoms with Gasteiger partial charge in [-0.05, 0) is 49.2 Å². The van der Waals surface area contributed by atoms with E-state index in [1.54, 1.807) is 17.3 Å². The molecule has 4 rings (SSSR count). The Balaban J connectivity index is 1.56. The molecular formula is C19H18N4O2. The average Bonchev–Trinajstić information content (AvgIpc) is 3.25. The molecule has 0 aliphatic carbocycles. The van der Waals surface area contributed by atoms with Crippen LogP contribution in [0.1, 0.15) is 29.4 Å². The van der Waals surface area contributed by atoms with Crippen LogP contribution in [0.4, 0.5) is 5.69 Å². The molecule has 0 N–H and O–H groups in total. The van der Waals surface area contributed by atoms with Gasteiger partial charge in [0, 0.05) is 36.6 Å². The first-order chi connectivity index (χ1) is 12.1. The second-order valence-electron chi connectivity index (χ2n) is 6.37. The van der Waals surface area contributed by atoms with Crippen LogP contribution in [-0.2, 0) is 4.79 Å². The zero-order valence-electron chi connectivity index (χ0n) is 14.1. The Bertz CT molecular complexity index is 920. The zero-order valence-corrected chi connectivity index (χ0v) is 14.1. The van der Waals surface area contributed by atoms with Gasteiger partial charge in [0.05, 0.1) is 5.92 Å². The lowest BCUT2D eigenvalue weighted by Gasteiger charge is -2.17. The molecule has 0 spiro atoms. The molecule has 0 radical (unpaired) electrons. The van der Waals surface area contributed by atoms with Gasteiger partial charge < -0.3 is 9.42 Å². The van der Waals surface area contributed by atoms with Crippen molar-refractivity contribution < 1.29 is 9.32 Å². The standard InChI is InChI=1S/C19H18N4O2/c1-12-5-6-16(8-13(12)2)23-11-15(9-17(23)24)19-21-18(22-25-19)14-4-3-7-20-10-14/h3-8,10,15H,9,11H2,1-2H3/t15-/m0/s1. The molecule has 0 unspecified atom stereocenters. The summed E-state index contributed by atoms with van der Waals surface area (Å²) in [6, 6.07) is 9.77. The molecule has 2 aromatic heterocycles. The summed E-state index contributed by atoms with van der Waals surface area (Å²) in [5.74, 6) is 0.986. The van der Waals surface area contributed by atoms with Crippen LogP contribution in [0.2, 0.25) is 0 Å². The van der Waals surface area contributed by atoms with Crippen molar-refractivity contribution in [1.29, 1.82) is 0 Å². The molecular weight excluding hydrogens is 316 g/mol. The maximum atomic E-state index is 12.5. The van der Waals surface area contributed by atoms with Crippen LogP contribution in [0, 0.1) is 13.8 Å². The number of benzene rings is 1. The highest BCUT2D eigenvalue weighted by molar-refractivity contribution is 5.96. The number of carbonyl (C=O) groups excluding carboxylic acids is 1. The number of carbonyl (C=O) groups is 1. The molecule has 6 heteroatoms. The van der Waals surface area contributed by atoms with Crippen LogP contribution in [0.3, 0.4) is 0 Å². The lowest BCUT2D eigenvalue weighted by Crippen LogP contribution is -2.24. The molecule has 6 nitrogen and oxygen atoms in total.